The number of hydrogen-bond donors (Lipinski definition) is 2. The molecule has 1 aromatic carbocycles. The Labute approximate surface area is 213 Å². The van der Waals surface area contributed by atoms with Crippen LogP contribution in [-0.2, 0) is 11.2 Å². The molecule has 1 saturated heterocycles. The second kappa shape index (κ2) is 11.0. The summed E-state index contributed by atoms with van der Waals surface area (Å²) in [6.07, 6.45) is 6.16. The molecule has 1 saturated carbocycles. The van der Waals surface area contributed by atoms with Crippen molar-refractivity contribution in [3.63, 3.8) is 0 Å². The number of thioether (sulfide) groups is 1. The molecule has 2 aromatic rings. The van der Waals surface area contributed by atoms with Crippen molar-refractivity contribution in [3.8, 4) is 5.75 Å². The van der Waals surface area contributed by atoms with Gasteiger partial charge in [-0.3, -0.25) is 4.90 Å². The molecule has 188 valence electrons. The van der Waals surface area contributed by atoms with Crippen LogP contribution in [0.25, 0.3) is 0 Å². The molecule has 8 nitrogen and oxygen atoms in total. The maximum atomic E-state index is 12.4. The molecule has 1 amide bonds. The Hall–Kier alpha value is -2.56. The van der Waals surface area contributed by atoms with Crippen molar-refractivity contribution >= 4 is 35.2 Å². The molecule has 2 fully saturated rings. The molecule has 4 rings (SSSR count). The number of amides is 1. The van der Waals surface area contributed by atoms with Gasteiger partial charge in [-0.15, -0.1) is 11.3 Å². The maximum Gasteiger partial charge on any atom is 0.410 e. The molecular weight excluding hydrogens is 488 g/mol. The standard InChI is InChI=1S/C25H30N2O6S2/c1-16-20(27(24(31)33-16)12-13-34-23-26-19(15-35-23)22(29)30)8-9-21(28)25(10-3-11-25)14-17-4-6-18(32-2)7-5-17/h4-9,15-16,20-21,28H,3,10-14H2,1-2H3,(H,29,30)/b9-8+/t16-,20-,21?/m0/s1. The average molecular weight is 519 g/mol. The summed E-state index contributed by atoms with van der Waals surface area (Å²) in [5.41, 5.74) is 0.990. The molecule has 2 N–H and O–H groups in total. The summed E-state index contributed by atoms with van der Waals surface area (Å²) >= 11 is 2.68. The highest BCUT2D eigenvalue weighted by molar-refractivity contribution is 8.01. The first-order chi connectivity index (χ1) is 16.8. The van der Waals surface area contributed by atoms with Gasteiger partial charge in [-0.1, -0.05) is 42.5 Å². The number of benzene rings is 1. The Morgan fingerprint density at radius 3 is 2.74 bits per heavy atom. The summed E-state index contributed by atoms with van der Waals surface area (Å²) in [6, 6.07) is 7.69. The molecule has 1 unspecified atom stereocenters. The first kappa shape index (κ1) is 25.5. The molecule has 2 aliphatic rings. The molecule has 1 aliphatic carbocycles. The molecule has 0 spiro atoms. The summed E-state index contributed by atoms with van der Waals surface area (Å²) in [4.78, 5) is 29.2. The topological polar surface area (TPSA) is 109 Å². The number of ether oxygens (including phenoxy) is 2. The van der Waals surface area contributed by atoms with Gasteiger partial charge in [0.05, 0.1) is 19.3 Å². The van der Waals surface area contributed by atoms with Crippen LogP contribution < -0.4 is 4.74 Å². The van der Waals surface area contributed by atoms with Crippen LogP contribution in [0.1, 0.15) is 42.2 Å². The molecule has 1 aromatic heterocycles. The second-order valence-electron chi connectivity index (χ2n) is 9.00. The zero-order valence-electron chi connectivity index (χ0n) is 19.8. The average Bonchev–Trinajstić information content (AvgIpc) is 3.39. The third-order valence-electron chi connectivity index (χ3n) is 6.80. The lowest BCUT2D eigenvalue weighted by Gasteiger charge is -2.45. The Morgan fingerprint density at radius 2 is 2.14 bits per heavy atom. The molecule has 2 heterocycles. The fraction of sp³-hybridized carbons (Fsp3) is 0.480. The lowest BCUT2D eigenvalue weighted by atomic mass is 9.62. The van der Waals surface area contributed by atoms with Gasteiger partial charge in [0, 0.05) is 23.1 Å². The van der Waals surface area contributed by atoms with Crippen LogP contribution in [0.3, 0.4) is 0 Å². The normalized spacial score (nSPS) is 22.1. The Balaban J connectivity index is 1.37. The van der Waals surface area contributed by atoms with Gasteiger partial charge in [0.15, 0.2) is 10.0 Å². The molecule has 0 radical (unpaired) electrons. The van der Waals surface area contributed by atoms with E-state index in [0.717, 1.165) is 37.0 Å². The van der Waals surface area contributed by atoms with Crippen molar-refractivity contribution in [1.82, 2.24) is 9.88 Å². The first-order valence-corrected chi connectivity index (χ1v) is 13.5. The summed E-state index contributed by atoms with van der Waals surface area (Å²) in [5.74, 6) is 0.320. The summed E-state index contributed by atoms with van der Waals surface area (Å²) < 4.78 is 11.3. The number of carbonyl (C=O) groups excluding carboxylic acids is 1. The van der Waals surface area contributed by atoms with E-state index in [-0.39, 0.29) is 29.3 Å². The van der Waals surface area contributed by atoms with E-state index in [9.17, 15) is 14.7 Å². The minimum Gasteiger partial charge on any atom is -0.497 e. The second-order valence-corrected chi connectivity index (χ2v) is 11.2. The smallest absolute Gasteiger partial charge is 0.410 e. The molecule has 35 heavy (non-hydrogen) atoms. The molecular formula is C25H30N2O6S2. The number of nitrogens with zero attached hydrogens (tertiary/aromatic N) is 2. The Morgan fingerprint density at radius 1 is 1.40 bits per heavy atom. The fourth-order valence-electron chi connectivity index (χ4n) is 4.61. The number of aromatic nitrogens is 1. The highest BCUT2D eigenvalue weighted by Gasteiger charge is 2.43. The minimum absolute atomic E-state index is 0.0288. The van der Waals surface area contributed by atoms with Crippen molar-refractivity contribution < 1.29 is 29.3 Å². The molecule has 10 heteroatoms. The first-order valence-electron chi connectivity index (χ1n) is 11.6. The SMILES string of the molecule is COc1ccc(CC2(C(O)/C=C/[C@H]3[C@H](C)OC(=O)N3CCSc3nc(C(=O)O)cs3)CCC2)cc1. The van der Waals surface area contributed by atoms with Crippen LogP contribution in [0, 0.1) is 5.41 Å². The minimum atomic E-state index is -1.05. The number of cyclic esters (lactones) is 1. The maximum absolute atomic E-state index is 12.4. The Kier molecular flexibility index (Phi) is 8.03. The number of methoxy groups -OCH3 is 1. The van der Waals surface area contributed by atoms with Gasteiger partial charge in [-0.05, 0) is 43.9 Å². The number of carbonyl (C=O) groups is 2. The van der Waals surface area contributed by atoms with E-state index < -0.39 is 12.1 Å². The molecule has 3 atom stereocenters. The number of aliphatic hydroxyl groups is 1. The van der Waals surface area contributed by atoms with Crippen molar-refractivity contribution in [2.24, 2.45) is 5.41 Å². The number of aromatic carboxylic acids is 1. The van der Waals surface area contributed by atoms with Gasteiger partial charge < -0.3 is 19.7 Å². The van der Waals surface area contributed by atoms with Gasteiger partial charge in [0.2, 0.25) is 0 Å². The van der Waals surface area contributed by atoms with Crippen LogP contribution in [0.15, 0.2) is 46.1 Å². The zero-order valence-corrected chi connectivity index (χ0v) is 21.4. The van der Waals surface area contributed by atoms with Crippen molar-refractivity contribution in [1.29, 1.82) is 0 Å². The molecule has 1 aliphatic heterocycles. The Bertz CT molecular complexity index is 1070. The van der Waals surface area contributed by atoms with Crippen LogP contribution >= 0.6 is 23.1 Å². The van der Waals surface area contributed by atoms with Crippen LogP contribution in [0.2, 0.25) is 0 Å². The van der Waals surface area contributed by atoms with Gasteiger partial charge in [-0.2, -0.15) is 0 Å². The van der Waals surface area contributed by atoms with Gasteiger partial charge in [0.25, 0.3) is 0 Å². The summed E-state index contributed by atoms with van der Waals surface area (Å²) in [7, 11) is 1.64. The van der Waals surface area contributed by atoms with E-state index in [1.807, 2.05) is 43.3 Å². The van der Waals surface area contributed by atoms with E-state index in [1.165, 1.54) is 28.5 Å². The van der Waals surface area contributed by atoms with E-state index in [0.29, 0.717) is 16.6 Å². The van der Waals surface area contributed by atoms with E-state index in [4.69, 9.17) is 14.6 Å². The van der Waals surface area contributed by atoms with Crippen molar-refractivity contribution in [2.75, 3.05) is 19.4 Å². The molecule has 0 bridgehead atoms. The van der Waals surface area contributed by atoms with Crippen molar-refractivity contribution in [2.45, 2.75) is 55.2 Å². The number of thiazole rings is 1. The largest absolute Gasteiger partial charge is 0.497 e. The predicted octanol–water partition coefficient (Wildman–Crippen LogP) is 4.48. The van der Waals surface area contributed by atoms with Crippen molar-refractivity contribution in [3.05, 3.63) is 53.1 Å². The van der Waals surface area contributed by atoms with Crippen LogP contribution in [0.5, 0.6) is 5.75 Å². The number of carboxylic acid groups (broad SMARTS) is 1. The summed E-state index contributed by atoms with van der Waals surface area (Å²) in [6.45, 7) is 2.28. The highest BCUT2D eigenvalue weighted by atomic mass is 32.2. The fourth-order valence-corrected chi connectivity index (χ4v) is 6.42. The van der Waals surface area contributed by atoms with Gasteiger partial charge in [0.1, 0.15) is 11.9 Å². The predicted molar refractivity (Wildman–Crippen MR) is 134 cm³/mol. The third kappa shape index (κ3) is 5.82. The van der Waals surface area contributed by atoms with Gasteiger partial charge >= 0.3 is 12.1 Å². The van der Waals surface area contributed by atoms with E-state index in [2.05, 4.69) is 4.98 Å². The monoisotopic (exact) mass is 518 g/mol. The lowest BCUT2D eigenvalue weighted by Crippen LogP contribution is -2.43. The van der Waals surface area contributed by atoms with E-state index >= 15 is 0 Å². The number of hydrogen-bond acceptors (Lipinski definition) is 8. The lowest BCUT2D eigenvalue weighted by molar-refractivity contribution is -0.00525. The third-order valence-corrected chi connectivity index (χ3v) is 8.81. The van der Waals surface area contributed by atoms with Crippen LogP contribution in [0.4, 0.5) is 4.79 Å². The number of carboxylic acids is 1. The van der Waals surface area contributed by atoms with Gasteiger partial charge in [-0.25, -0.2) is 14.6 Å². The zero-order chi connectivity index (χ0) is 25.0. The number of aliphatic hydroxyl groups excluding tert-OH is 1. The quantitative estimate of drug-likeness (QED) is 0.331. The van der Waals surface area contributed by atoms with Crippen LogP contribution in [-0.4, -0.2) is 69.8 Å². The highest BCUT2D eigenvalue weighted by Crippen LogP contribution is 2.47. The summed E-state index contributed by atoms with van der Waals surface area (Å²) in [5, 5.41) is 21.7. The number of rotatable bonds is 11. The van der Waals surface area contributed by atoms with E-state index in [1.54, 1.807) is 12.0 Å².